The van der Waals surface area contributed by atoms with E-state index in [4.69, 9.17) is 11.6 Å². The zero-order valence-electron chi connectivity index (χ0n) is 8.64. The van der Waals surface area contributed by atoms with Gasteiger partial charge in [0.25, 0.3) is 0 Å². The molecule has 0 aliphatic heterocycles. The van der Waals surface area contributed by atoms with Gasteiger partial charge in [-0.3, -0.25) is 0 Å². The Balaban J connectivity index is 1.98. The van der Waals surface area contributed by atoms with E-state index >= 15 is 0 Å². The maximum Gasteiger partial charge on any atom is 0.0406 e. The number of halogens is 1. The summed E-state index contributed by atoms with van der Waals surface area (Å²) in [6, 6.07) is 18.1. The van der Waals surface area contributed by atoms with Crippen molar-refractivity contribution in [3.63, 3.8) is 0 Å². The number of rotatable bonds is 3. The molecule has 0 unspecified atom stereocenters. The lowest BCUT2D eigenvalue weighted by Gasteiger charge is -1.95. The lowest BCUT2D eigenvalue weighted by molar-refractivity contribution is 1.47. The zero-order valence-corrected chi connectivity index (χ0v) is 10.2. The van der Waals surface area contributed by atoms with Crippen LogP contribution in [0.3, 0.4) is 0 Å². The molecular weight excluding hydrogens is 236 g/mol. The fourth-order valence-electron chi connectivity index (χ4n) is 1.26. The van der Waals surface area contributed by atoms with Crippen molar-refractivity contribution in [1.29, 1.82) is 0 Å². The average molecular weight is 247 g/mol. The maximum atomic E-state index is 5.81. The van der Waals surface area contributed by atoms with Crippen LogP contribution < -0.4 is 0 Å². The topological polar surface area (TPSA) is 0 Å². The SMILES string of the molecule is Clc1ccc(/C=C/Sc2ccccc2)cc1. The molecule has 0 amide bonds. The van der Waals surface area contributed by atoms with Crippen LogP contribution in [0.5, 0.6) is 0 Å². The first-order chi connectivity index (χ1) is 7.84. The second kappa shape index (κ2) is 5.78. The van der Waals surface area contributed by atoms with Crippen molar-refractivity contribution in [1.82, 2.24) is 0 Å². The summed E-state index contributed by atoms with van der Waals surface area (Å²) in [4.78, 5) is 1.24. The van der Waals surface area contributed by atoms with Crippen LogP contribution in [-0.4, -0.2) is 0 Å². The van der Waals surface area contributed by atoms with Crippen LogP contribution in [0.1, 0.15) is 5.56 Å². The van der Waals surface area contributed by atoms with Gasteiger partial charge in [-0.2, -0.15) is 0 Å². The Hall–Kier alpha value is -1.18. The zero-order chi connectivity index (χ0) is 11.2. The van der Waals surface area contributed by atoms with Crippen LogP contribution in [0.2, 0.25) is 5.02 Å². The highest BCUT2D eigenvalue weighted by atomic mass is 35.5. The Morgan fingerprint density at radius 2 is 1.56 bits per heavy atom. The first-order valence-corrected chi connectivity index (χ1v) is 6.24. The summed E-state index contributed by atoms with van der Waals surface area (Å²) >= 11 is 7.52. The number of benzene rings is 2. The lowest BCUT2D eigenvalue weighted by Crippen LogP contribution is -1.69. The summed E-state index contributed by atoms with van der Waals surface area (Å²) in [6.07, 6.45) is 2.08. The van der Waals surface area contributed by atoms with Gasteiger partial charge in [-0.15, -0.1) is 0 Å². The van der Waals surface area contributed by atoms with Gasteiger partial charge in [0.2, 0.25) is 0 Å². The number of hydrogen-bond donors (Lipinski definition) is 0. The molecule has 0 fully saturated rings. The molecule has 2 heteroatoms. The van der Waals surface area contributed by atoms with E-state index in [1.807, 2.05) is 42.5 Å². The quantitative estimate of drug-likeness (QED) is 0.679. The Kier molecular flexibility index (Phi) is 4.09. The van der Waals surface area contributed by atoms with Crippen LogP contribution in [-0.2, 0) is 0 Å². The van der Waals surface area contributed by atoms with Gasteiger partial charge in [0.05, 0.1) is 0 Å². The molecule has 16 heavy (non-hydrogen) atoms. The molecule has 80 valence electrons. The van der Waals surface area contributed by atoms with Crippen molar-refractivity contribution in [2.24, 2.45) is 0 Å². The molecule has 0 aliphatic rings. The van der Waals surface area contributed by atoms with Crippen LogP contribution >= 0.6 is 23.4 Å². The minimum atomic E-state index is 0.771. The first-order valence-electron chi connectivity index (χ1n) is 4.98. The summed E-state index contributed by atoms with van der Waals surface area (Å²) in [5.74, 6) is 0. The molecule has 0 spiro atoms. The van der Waals surface area contributed by atoms with Gasteiger partial charge in [0.15, 0.2) is 0 Å². The summed E-state index contributed by atoms with van der Waals surface area (Å²) in [5.41, 5.74) is 1.16. The fourth-order valence-corrected chi connectivity index (χ4v) is 2.09. The molecule has 0 nitrogen and oxygen atoms in total. The highest BCUT2D eigenvalue weighted by Crippen LogP contribution is 2.20. The van der Waals surface area contributed by atoms with E-state index in [2.05, 4.69) is 23.6 Å². The molecular formula is C14H11ClS. The third kappa shape index (κ3) is 3.44. The lowest BCUT2D eigenvalue weighted by atomic mass is 10.2. The van der Waals surface area contributed by atoms with Crippen LogP contribution in [0.4, 0.5) is 0 Å². The third-order valence-electron chi connectivity index (χ3n) is 2.08. The summed E-state index contributed by atoms with van der Waals surface area (Å²) in [7, 11) is 0. The van der Waals surface area contributed by atoms with E-state index in [-0.39, 0.29) is 0 Å². The molecule has 0 heterocycles. The average Bonchev–Trinajstić information content (AvgIpc) is 2.33. The van der Waals surface area contributed by atoms with Crippen molar-refractivity contribution in [2.75, 3.05) is 0 Å². The van der Waals surface area contributed by atoms with Gasteiger partial charge < -0.3 is 0 Å². The normalized spacial score (nSPS) is 10.8. The van der Waals surface area contributed by atoms with Gasteiger partial charge in [-0.1, -0.05) is 53.7 Å². The summed E-state index contributed by atoms with van der Waals surface area (Å²) < 4.78 is 0. The molecule has 2 aromatic rings. The van der Waals surface area contributed by atoms with E-state index in [1.54, 1.807) is 11.8 Å². The Bertz CT molecular complexity index is 460. The van der Waals surface area contributed by atoms with Crippen LogP contribution in [0, 0.1) is 0 Å². The Labute approximate surface area is 105 Å². The van der Waals surface area contributed by atoms with E-state index in [9.17, 15) is 0 Å². The van der Waals surface area contributed by atoms with Gasteiger partial charge >= 0.3 is 0 Å². The molecule has 0 saturated carbocycles. The van der Waals surface area contributed by atoms with Crippen molar-refractivity contribution < 1.29 is 0 Å². The van der Waals surface area contributed by atoms with Crippen molar-refractivity contribution in [3.8, 4) is 0 Å². The summed E-state index contributed by atoms with van der Waals surface area (Å²) in [6.45, 7) is 0. The third-order valence-corrected chi connectivity index (χ3v) is 3.15. The highest BCUT2D eigenvalue weighted by Gasteiger charge is 1.89. The monoisotopic (exact) mass is 246 g/mol. The molecule has 0 aliphatic carbocycles. The van der Waals surface area contributed by atoms with E-state index < -0.39 is 0 Å². The minimum absolute atomic E-state index is 0.771. The second-order valence-electron chi connectivity index (χ2n) is 3.29. The highest BCUT2D eigenvalue weighted by molar-refractivity contribution is 8.02. The van der Waals surface area contributed by atoms with Crippen molar-refractivity contribution in [3.05, 3.63) is 70.6 Å². The van der Waals surface area contributed by atoms with Crippen molar-refractivity contribution >= 4 is 29.4 Å². The van der Waals surface area contributed by atoms with E-state index in [1.165, 1.54) is 4.90 Å². The van der Waals surface area contributed by atoms with E-state index in [0.717, 1.165) is 10.6 Å². The molecule has 0 bridgehead atoms. The molecule has 2 rings (SSSR count). The van der Waals surface area contributed by atoms with Crippen LogP contribution in [0.25, 0.3) is 6.08 Å². The molecule has 0 N–H and O–H groups in total. The molecule has 0 atom stereocenters. The molecule has 0 aromatic heterocycles. The molecule has 0 radical (unpaired) electrons. The van der Waals surface area contributed by atoms with E-state index in [0.29, 0.717) is 0 Å². The number of hydrogen-bond acceptors (Lipinski definition) is 1. The molecule has 0 saturated heterocycles. The predicted octanol–water partition coefficient (Wildman–Crippen LogP) is 5.10. The molecule has 2 aromatic carbocycles. The van der Waals surface area contributed by atoms with Gasteiger partial charge in [-0.25, -0.2) is 0 Å². The minimum Gasteiger partial charge on any atom is -0.0981 e. The second-order valence-corrected chi connectivity index (χ2v) is 4.70. The van der Waals surface area contributed by atoms with Gasteiger partial charge in [0.1, 0.15) is 0 Å². The predicted molar refractivity (Wildman–Crippen MR) is 72.8 cm³/mol. The van der Waals surface area contributed by atoms with Crippen LogP contribution in [0.15, 0.2) is 64.9 Å². The fraction of sp³-hybridized carbons (Fsp3) is 0. The number of thioether (sulfide) groups is 1. The first kappa shape index (κ1) is 11.3. The maximum absolute atomic E-state index is 5.81. The van der Waals surface area contributed by atoms with Gasteiger partial charge in [0, 0.05) is 9.92 Å². The smallest absolute Gasteiger partial charge is 0.0406 e. The largest absolute Gasteiger partial charge is 0.0981 e. The standard InChI is InChI=1S/C14H11ClS/c15-13-8-6-12(7-9-13)10-11-16-14-4-2-1-3-5-14/h1-11H/b11-10+. The summed E-state index contributed by atoms with van der Waals surface area (Å²) in [5, 5.41) is 2.85. The Morgan fingerprint density at radius 3 is 2.25 bits per heavy atom. The Morgan fingerprint density at radius 1 is 0.875 bits per heavy atom. The van der Waals surface area contributed by atoms with Crippen molar-refractivity contribution in [2.45, 2.75) is 4.90 Å². The van der Waals surface area contributed by atoms with Gasteiger partial charge in [-0.05, 0) is 41.3 Å².